The Balaban J connectivity index is 1.74. The summed E-state index contributed by atoms with van der Waals surface area (Å²) in [6.45, 7) is 0.750. The Morgan fingerprint density at radius 1 is 1.03 bits per heavy atom. The second-order valence-corrected chi connectivity index (χ2v) is 7.66. The van der Waals surface area contributed by atoms with Crippen molar-refractivity contribution in [3.05, 3.63) is 68.5 Å². The Labute approximate surface area is 175 Å². The summed E-state index contributed by atoms with van der Waals surface area (Å²) in [6, 6.07) is 8.18. The summed E-state index contributed by atoms with van der Waals surface area (Å²) in [5, 5.41) is 11.5. The summed E-state index contributed by atoms with van der Waals surface area (Å²) in [6.07, 6.45) is 1.81. The summed E-state index contributed by atoms with van der Waals surface area (Å²) in [7, 11) is 0. The molecule has 0 spiro atoms. The predicted octanol–water partition coefficient (Wildman–Crippen LogP) is 3.71. The van der Waals surface area contributed by atoms with Gasteiger partial charge in [-0.25, -0.2) is 4.39 Å². The molecule has 10 heteroatoms. The molecule has 2 amide bonds. The molecule has 1 saturated heterocycles. The van der Waals surface area contributed by atoms with Crippen LogP contribution in [0.4, 0.5) is 10.1 Å². The summed E-state index contributed by atoms with van der Waals surface area (Å²) in [5.74, 6) is -1.64. The van der Waals surface area contributed by atoms with Crippen LogP contribution < -0.4 is 0 Å². The fraction of sp³-hybridized carbons (Fsp3) is 0.263. The molecule has 0 saturated carbocycles. The van der Waals surface area contributed by atoms with Crippen LogP contribution in [0.15, 0.2) is 41.3 Å². The van der Waals surface area contributed by atoms with Crippen molar-refractivity contribution in [2.45, 2.75) is 4.90 Å². The minimum absolute atomic E-state index is 0.0162. The number of nitro groups is 1. The van der Waals surface area contributed by atoms with Gasteiger partial charge in [-0.05, 0) is 36.6 Å². The molecule has 7 nitrogen and oxygen atoms in total. The maximum atomic E-state index is 14.0. The maximum Gasteiger partial charge on any atom is 0.282 e. The molecule has 0 N–H and O–H groups in total. The van der Waals surface area contributed by atoms with Crippen LogP contribution in [-0.4, -0.2) is 59.0 Å². The highest BCUT2D eigenvalue weighted by molar-refractivity contribution is 7.98. The zero-order chi connectivity index (χ0) is 21.1. The van der Waals surface area contributed by atoms with E-state index in [9.17, 15) is 24.1 Å². The van der Waals surface area contributed by atoms with Crippen LogP contribution in [0.3, 0.4) is 0 Å². The van der Waals surface area contributed by atoms with Crippen LogP contribution in [0, 0.1) is 15.9 Å². The number of carbonyl (C=O) groups is 2. The van der Waals surface area contributed by atoms with Crippen molar-refractivity contribution in [1.82, 2.24) is 9.80 Å². The summed E-state index contributed by atoms with van der Waals surface area (Å²) < 4.78 is 14.0. The van der Waals surface area contributed by atoms with Crippen LogP contribution in [0.5, 0.6) is 0 Å². The number of carbonyl (C=O) groups excluding carboxylic acids is 2. The number of rotatable bonds is 4. The highest BCUT2D eigenvalue weighted by Gasteiger charge is 2.30. The molecule has 1 aliphatic rings. The summed E-state index contributed by atoms with van der Waals surface area (Å²) >= 11 is 7.23. The minimum Gasteiger partial charge on any atom is -0.335 e. The number of nitro benzene ring substituents is 1. The Morgan fingerprint density at radius 3 is 2.17 bits per heavy atom. The predicted molar refractivity (Wildman–Crippen MR) is 108 cm³/mol. The largest absolute Gasteiger partial charge is 0.335 e. The third-order valence-electron chi connectivity index (χ3n) is 4.64. The summed E-state index contributed by atoms with van der Waals surface area (Å²) in [4.78, 5) is 39.8. The maximum absolute atomic E-state index is 14.0. The second kappa shape index (κ2) is 8.79. The van der Waals surface area contributed by atoms with Gasteiger partial charge in [0.15, 0.2) is 0 Å². The van der Waals surface area contributed by atoms with Crippen LogP contribution in [-0.2, 0) is 0 Å². The van der Waals surface area contributed by atoms with Gasteiger partial charge in [-0.3, -0.25) is 19.7 Å². The van der Waals surface area contributed by atoms with Gasteiger partial charge < -0.3 is 9.80 Å². The first-order valence-electron chi connectivity index (χ1n) is 8.68. The van der Waals surface area contributed by atoms with Gasteiger partial charge in [-0.1, -0.05) is 11.6 Å². The third kappa shape index (κ3) is 4.51. The molecule has 0 unspecified atom stereocenters. The summed E-state index contributed by atoms with van der Waals surface area (Å²) in [5.41, 5.74) is -0.365. The normalized spacial score (nSPS) is 14.0. The smallest absolute Gasteiger partial charge is 0.282 e. The van der Waals surface area contributed by atoms with E-state index in [2.05, 4.69) is 0 Å². The molecule has 1 aliphatic heterocycles. The Hall–Kier alpha value is -2.65. The quantitative estimate of drug-likeness (QED) is 0.413. The SMILES string of the molecule is CSc1ccc([N+](=O)[O-])c(C(=O)N2CCN(C(=O)c3cc(Cl)ccc3F)CC2)c1. The van der Waals surface area contributed by atoms with Crippen LogP contribution in [0.1, 0.15) is 20.7 Å². The van der Waals surface area contributed by atoms with E-state index in [4.69, 9.17) is 11.6 Å². The van der Waals surface area contributed by atoms with Gasteiger partial charge in [0.1, 0.15) is 11.4 Å². The average molecular weight is 438 g/mol. The van der Waals surface area contributed by atoms with Crippen molar-refractivity contribution in [1.29, 1.82) is 0 Å². The van der Waals surface area contributed by atoms with Crippen molar-refractivity contribution in [3.8, 4) is 0 Å². The van der Waals surface area contributed by atoms with E-state index in [1.807, 2.05) is 6.26 Å². The van der Waals surface area contributed by atoms with Gasteiger partial charge in [0.25, 0.3) is 17.5 Å². The lowest BCUT2D eigenvalue weighted by molar-refractivity contribution is -0.385. The zero-order valence-electron chi connectivity index (χ0n) is 15.4. The lowest BCUT2D eigenvalue weighted by Crippen LogP contribution is -2.50. The molecule has 1 fully saturated rings. The van der Waals surface area contributed by atoms with Gasteiger partial charge in [0.2, 0.25) is 0 Å². The average Bonchev–Trinajstić information content (AvgIpc) is 2.74. The molecule has 2 aromatic carbocycles. The van der Waals surface area contributed by atoms with Crippen molar-refractivity contribution >= 4 is 40.9 Å². The van der Waals surface area contributed by atoms with Crippen LogP contribution in [0.25, 0.3) is 0 Å². The highest BCUT2D eigenvalue weighted by atomic mass is 35.5. The van der Waals surface area contributed by atoms with Crippen molar-refractivity contribution in [3.63, 3.8) is 0 Å². The van der Waals surface area contributed by atoms with Gasteiger partial charge >= 0.3 is 0 Å². The number of hydrogen-bond donors (Lipinski definition) is 0. The van der Waals surface area contributed by atoms with Gasteiger partial charge in [-0.2, -0.15) is 0 Å². The Bertz CT molecular complexity index is 980. The number of benzene rings is 2. The van der Waals surface area contributed by atoms with Gasteiger partial charge in [0.05, 0.1) is 10.5 Å². The molecule has 0 radical (unpaired) electrons. The molecule has 29 heavy (non-hydrogen) atoms. The van der Waals surface area contributed by atoms with Gasteiger partial charge in [-0.15, -0.1) is 11.8 Å². The minimum atomic E-state index is -0.664. The molecule has 0 bridgehead atoms. The van der Waals surface area contributed by atoms with E-state index in [-0.39, 0.29) is 48.0 Å². The molecule has 0 aromatic heterocycles. The lowest BCUT2D eigenvalue weighted by atomic mass is 10.1. The standard InChI is InChI=1S/C19H17ClFN3O4S/c1-29-13-3-5-17(24(27)28)15(11-13)19(26)23-8-6-22(7-9-23)18(25)14-10-12(20)2-4-16(14)21/h2-5,10-11H,6-9H2,1H3. The zero-order valence-corrected chi connectivity index (χ0v) is 17.0. The van der Waals surface area contributed by atoms with E-state index in [1.54, 1.807) is 6.07 Å². The molecule has 152 valence electrons. The first-order valence-corrected chi connectivity index (χ1v) is 10.3. The fourth-order valence-corrected chi connectivity index (χ4v) is 3.70. The number of hydrogen-bond acceptors (Lipinski definition) is 5. The molecule has 0 atom stereocenters. The molecule has 3 rings (SSSR count). The van der Waals surface area contributed by atoms with Crippen molar-refractivity contribution in [2.75, 3.05) is 32.4 Å². The van der Waals surface area contributed by atoms with E-state index >= 15 is 0 Å². The van der Waals surface area contributed by atoms with E-state index in [0.717, 1.165) is 11.0 Å². The number of thioether (sulfide) groups is 1. The van der Waals surface area contributed by atoms with Crippen molar-refractivity contribution < 1.29 is 18.9 Å². The molecule has 2 aromatic rings. The van der Waals surface area contributed by atoms with Crippen LogP contribution >= 0.6 is 23.4 Å². The number of piperazine rings is 1. The van der Waals surface area contributed by atoms with E-state index < -0.39 is 22.6 Å². The van der Waals surface area contributed by atoms with Crippen molar-refractivity contribution in [2.24, 2.45) is 0 Å². The first kappa shape index (κ1) is 21.1. The lowest BCUT2D eigenvalue weighted by Gasteiger charge is -2.34. The molecule has 0 aliphatic carbocycles. The monoisotopic (exact) mass is 437 g/mol. The Morgan fingerprint density at radius 2 is 1.62 bits per heavy atom. The van der Waals surface area contributed by atoms with E-state index in [0.29, 0.717) is 0 Å². The number of halogens is 2. The third-order valence-corrected chi connectivity index (χ3v) is 5.60. The van der Waals surface area contributed by atoms with E-state index in [1.165, 1.54) is 45.8 Å². The molecular formula is C19H17ClFN3O4S. The van der Waals surface area contributed by atoms with Crippen LogP contribution in [0.2, 0.25) is 5.02 Å². The molecule has 1 heterocycles. The number of amides is 2. The molecular weight excluding hydrogens is 421 g/mol. The number of nitrogens with zero attached hydrogens (tertiary/aromatic N) is 3. The topological polar surface area (TPSA) is 83.8 Å². The van der Waals surface area contributed by atoms with Gasteiger partial charge in [0, 0.05) is 42.2 Å². The first-order chi connectivity index (χ1) is 13.8. The second-order valence-electron chi connectivity index (χ2n) is 6.35. The fourth-order valence-electron chi connectivity index (χ4n) is 3.09. The Kier molecular flexibility index (Phi) is 6.39. The highest BCUT2D eigenvalue weighted by Crippen LogP contribution is 2.26.